The van der Waals surface area contributed by atoms with E-state index in [9.17, 15) is 10.1 Å². The van der Waals surface area contributed by atoms with Crippen molar-refractivity contribution in [2.75, 3.05) is 11.9 Å². The molecule has 0 aliphatic rings. The third kappa shape index (κ3) is 7.13. The molecule has 0 atom stereocenters. The number of carbonyl (C=O) groups is 1. The van der Waals surface area contributed by atoms with E-state index in [1.54, 1.807) is 30.3 Å². The minimum Gasteiger partial charge on any atom is -0.490 e. The minimum atomic E-state index is -0.562. The van der Waals surface area contributed by atoms with Crippen molar-refractivity contribution in [3.63, 3.8) is 0 Å². The maximum atomic E-state index is 12.6. The van der Waals surface area contributed by atoms with Gasteiger partial charge in [0.05, 0.1) is 16.7 Å². The predicted molar refractivity (Wildman–Crippen MR) is 140 cm³/mol. The third-order valence-corrected chi connectivity index (χ3v) is 5.89. The standard InChI is InChI=1S/C25H19Cl2IN2O3/c1-2-32-24-12-17(5-10-23(24)33-15-16-3-6-19(28)7-4-16)11-18(14-29)25(31)30-20-8-9-21(26)22(27)13-20/h3-13H,2,15H2,1H3,(H,30,31)/b18-11+. The molecule has 8 heteroatoms. The van der Waals surface area contributed by atoms with Gasteiger partial charge in [-0.1, -0.05) is 41.4 Å². The van der Waals surface area contributed by atoms with E-state index in [0.29, 0.717) is 46.0 Å². The van der Waals surface area contributed by atoms with E-state index in [0.717, 1.165) is 9.13 Å². The lowest BCUT2D eigenvalue weighted by molar-refractivity contribution is -0.112. The highest BCUT2D eigenvalue weighted by Gasteiger charge is 2.12. The van der Waals surface area contributed by atoms with Crippen LogP contribution in [0.2, 0.25) is 10.0 Å². The molecule has 0 aliphatic carbocycles. The summed E-state index contributed by atoms with van der Waals surface area (Å²) in [6.45, 7) is 2.70. The van der Waals surface area contributed by atoms with Crippen LogP contribution in [0.5, 0.6) is 11.5 Å². The molecular weight excluding hydrogens is 574 g/mol. The SMILES string of the molecule is CCOc1cc(/C=C(\C#N)C(=O)Nc2ccc(Cl)c(Cl)c2)ccc1OCc1ccc(I)cc1. The molecular formula is C25H19Cl2IN2O3. The first-order valence-corrected chi connectivity index (χ1v) is 11.8. The fourth-order valence-electron chi connectivity index (χ4n) is 2.83. The molecule has 168 valence electrons. The number of halogens is 3. The monoisotopic (exact) mass is 592 g/mol. The van der Waals surface area contributed by atoms with Gasteiger partial charge in [0.25, 0.3) is 5.91 Å². The normalized spacial score (nSPS) is 10.9. The molecule has 0 spiro atoms. The number of hydrogen-bond acceptors (Lipinski definition) is 4. The molecule has 1 amide bonds. The Hall–Kier alpha value is -2.73. The highest BCUT2D eigenvalue weighted by atomic mass is 127. The number of nitrogens with zero attached hydrogens (tertiary/aromatic N) is 1. The molecule has 1 N–H and O–H groups in total. The molecule has 0 aliphatic heterocycles. The van der Waals surface area contributed by atoms with E-state index in [-0.39, 0.29) is 5.57 Å². The van der Waals surface area contributed by atoms with Gasteiger partial charge in [0.1, 0.15) is 18.2 Å². The van der Waals surface area contributed by atoms with Gasteiger partial charge in [-0.3, -0.25) is 4.79 Å². The first-order chi connectivity index (χ1) is 15.9. The number of nitriles is 1. The van der Waals surface area contributed by atoms with Gasteiger partial charge in [-0.15, -0.1) is 0 Å². The number of benzene rings is 3. The summed E-state index contributed by atoms with van der Waals surface area (Å²) in [5.74, 6) is 0.540. The van der Waals surface area contributed by atoms with Crippen LogP contribution in [-0.4, -0.2) is 12.5 Å². The molecule has 0 saturated heterocycles. The van der Waals surface area contributed by atoms with Crippen molar-refractivity contribution < 1.29 is 14.3 Å². The smallest absolute Gasteiger partial charge is 0.266 e. The van der Waals surface area contributed by atoms with Gasteiger partial charge >= 0.3 is 0 Å². The fourth-order valence-corrected chi connectivity index (χ4v) is 3.49. The molecule has 0 heterocycles. The van der Waals surface area contributed by atoms with Crippen LogP contribution >= 0.6 is 45.8 Å². The number of rotatable bonds is 8. The van der Waals surface area contributed by atoms with E-state index in [4.69, 9.17) is 32.7 Å². The van der Waals surface area contributed by atoms with E-state index in [1.807, 2.05) is 37.3 Å². The lowest BCUT2D eigenvalue weighted by Gasteiger charge is -2.13. The van der Waals surface area contributed by atoms with Crippen LogP contribution in [0.1, 0.15) is 18.1 Å². The first kappa shape index (κ1) is 24.9. The van der Waals surface area contributed by atoms with Gasteiger partial charge in [0.15, 0.2) is 11.5 Å². The molecule has 3 aromatic rings. The quantitative estimate of drug-likeness (QED) is 0.172. The molecule has 0 radical (unpaired) electrons. The number of hydrogen-bond donors (Lipinski definition) is 1. The summed E-state index contributed by atoms with van der Waals surface area (Å²) in [6.07, 6.45) is 1.48. The number of ether oxygens (including phenoxy) is 2. The van der Waals surface area contributed by atoms with Crippen molar-refractivity contribution >= 4 is 63.5 Å². The molecule has 3 rings (SSSR count). The van der Waals surface area contributed by atoms with E-state index >= 15 is 0 Å². The topological polar surface area (TPSA) is 71.3 Å². The molecule has 0 unspecified atom stereocenters. The summed E-state index contributed by atoms with van der Waals surface area (Å²) in [5.41, 5.74) is 2.02. The summed E-state index contributed by atoms with van der Waals surface area (Å²) >= 11 is 14.1. The van der Waals surface area contributed by atoms with Gasteiger partial charge in [0, 0.05) is 9.26 Å². The third-order valence-electron chi connectivity index (χ3n) is 4.43. The molecule has 0 aromatic heterocycles. The number of anilines is 1. The molecule has 0 saturated carbocycles. The average molecular weight is 593 g/mol. The van der Waals surface area contributed by atoms with Crippen LogP contribution in [-0.2, 0) is 11.4 Å². The van der Waals surface area contributed by atoms with Gasteiger partial charge in [0.2, 0.25) is 0 Å². The number of carbonyl (C=O) groups excluding carboxylic acids is 1. The lowest BCUT2D eigenvalue weighted by Crippen LogP contribution is -2.13. The molecule has 0 bridgehead atoms. The Balaban J connectivity index is 1.77. The van der Waals surface area contributed by atoms with Crippen molar-refractivity contribution in [3.05, 3.63) is 91.0 Å². The van der Waals surface area contributed by atoms with Crippen molar-refractivity contribution in [1.29, 1.82) is 5.26 Å². The second-order valence-corrected chi connectivity index (χ2v) is 8.87. The van der Waals surface area contributed by atoms with Crippen LogP contribution in [0.25, 0.3) is 6.08 Å². The minimum absolute atomic E-state index is 0.0731. The maximum Gasteiger partial charge on any atom is 0.266 e. The zero-order valence-corrected chi connectivity index (χ0v) is 21.2. The van der Waals surface area contributed by atoms with E-state index in [2.05, 4.69) is 27.9 Å². The zero-order chi connectivity index (χ0) is 23.8. The first-order valence-electron chi connectivity index (χ1n) is 9.92. The largest absolute Gasteiger partial charge is 0.490 e. The lowest BCUT2D eigenvalue weighted by atomic mass is 10.1. The van der Waals surface area contributed by atoms with E-state index < -0.39 is 5.91 Å². The maximum absolute atomic E-state index is 12.6. The number of nitrogens with one attached hydrogen (secondary N) is 1. The van der Waals surface area contributed by atoms with Crippen molar-refractivity contribution in [1.82, 2.24) is 0 Å². The van der Waals surface area contributed by atoms with Crippen LogP contribution in [0.3, 0.4) is 0 Å². The predicted octanol–water partition coefficient (Wildman–Crippen LogP) is 7.12. The summed E-state index contributed by atoms with van der Waals surface area (Å²) in [6, 6.07) is 19.9. The summed E-state index contributed by atoms with van der Waals surface area (Å²) in [5, 5.41) is 12.8. The van der Waals surface area contributed by atoms with Crippen LogP contribution < -0.4 is 14.8 Å². The second-order valence-electron chi connectivity index (χ2n) is 6.81. The van der Waals surface area contributed by atoms with Gasteiger partial charge < -0.3 is 14.8 Å². The van der Waals surface area contributed by atoms with Gasteiger partial charge in [-0.2, -0.15) is 5.26 Å². The summed E-state index contributed by atoms with van der Waals surface area (Å²) in [7, 11) is 0. The zero-order valence-electron chi connectivity index (χ0n) is 17.6. The van der Waals surface area contributed by atoms with Crippen molar-refractivity contribution in [3.8, 4) is 17.6 Å². The van der Waals surface area contributed by atoms with Crippen LogP contribution in [0, 0.1) is 14.9 Å². The molecule has 5 nitrogen and oxygen atoms in total. The Bertz CT molecular complexity index is 1220. The number of amides is 1. The molecule has 0 fully saturated rings. The van der Waals surface area contributed by atoms with Gasteiger partial charge in [-0.05, 0) is 89.2 Å². The highest BCUT2D eigenvalue weighted by molar-refractivity contribution is 14.1. The molecule has 3 aromatic carbocycles. The van der Waals surface area contributed by atoms with Crippen molar-refractivity contribution in [2.45, 2.75) is 13.5 Å². The summed E-state index contributed by atoms with van der Waals surface area (Å²) < 4.78 is 12.8. The Morgan fingerprint density at radius 3 is 2.45 bits per heavy atom. The van der Waals surface area contributed by atoms with Crippen LogP contribution in [0.15, 0.2) is 66.2 Å². The Morgan fingerprint density at radius 2 is 1.79 bits per heavy atom. The molecule has 33 heavy (non-hydrogen) atoms. The Labute approximate surface area is 216 Å². The van der Waals surface area contributed by atoms with Gasteiger partial charge in [-0.25, -0.2) is 0 Å². The highest BCUT2D eigenvalue weighted by Crippen LogP contribution is 2.30. The second kappa shape index (κ2) is 11.9. The Kier molecular flexibility index (Phi) is 9.01. The fraction of sp³-hybridized carbons (Fsp3) is 0.120. The summed E-state index contributed by atoms with van der Waals surface area (Å²) in [4.78, 5) is 12.6. The van der Waals surface area contributed by atoms with E-state index in [1.165, 1.54) is 12.1 Å². The average Bonchev–Trinajstić information content (AvgIpc) is 2.80. The Morgan fingerprint density at radius 1 is 1.03 bits per heavy atom. The van der Waals surface area contributed by atoms with Crippen LogP contribution in [0.4, 0.5) is 5.69 Å². The van der Waals surface area contributed by atoms with Crippen molar-refractivity contribution in [2.24, 2.45) is 0 Å².